The zero-order valence-corrected chi connectivity index (χ0v) is 20.9. The van der Waals surface area contributed by atoms with Crippen LogP contribution in [0.5, 0.6) is 0 Å². The van der Waals surface area contributed by atoms with Gasteiger partial charge in [-0.05, 0) is 43.4 Å². The molecule has 2 aliphatic rings. The van der Waals surface area contributed by atoms with E-state index in [4.69, 9.17) is 9.72 Å². The average molecular weight is 531 g/mol. The van der Waals surface area contributed by atoms with Crippen molar-refractivity contribution < 1.29 is 27.8 Å². The van der Waals surface area contributed by atoms with Crippen molar-refractivity contribution in [3.8, 4) is 0 Å². The minimum Gasteiger partial charge on any atom is -0.475 e. The second kappa shape index (κ2) is 10.2. The Hall–Kier alpha value is -3.67. The maximum Gasteiger partial charge on any atom is 0.416 e. The van der Waals surface area contributed by atoms with E-state index in [1.54, 1.807) is 6.08 Å². The first-order valence-electron chi connectivity index (χ1n) is 12.6. The number of imidazole rings is 1. The zero-order chi connectivity index (χ0) is 27.0. The van der Waals surface area contributed by atoms with E-state index in [2.05, 4.69) is 21.9 Å². The molecule has 2 N–H and O–H groups in total. The van der Waals surface area contributed by atoms with Crippen molar-refractivity contribution in [1.82, 2.24) is 19.5 Å². The number of aromatic carboxylic acids is 1. The molecule has 1 aromatic carbocycles. The molecule has 2 fully saturated rings. The molecule has 38 heavy (non-hydrogen) atoms. The Bertz CT molecular complexity index is 1340. The van der Waals surface area contributed by atoms with E-state index in [9.17, 15) is 23.1 Å². The molecule has 3 heterocycles. The lowest BCUT2D eigenvalue weighted by atomic mass is 9.80. The maximum atomic E-state index is 13.2. The first-order chi connectivity index (χ1) is 18.2. The Balaban J connectivity index is 1.65. The van der Waals surface area contributed by atoms with Crippen LogP contribution in [0.25, 0.3) is 11.2 Å². The van der Waals surface area contributed by atoms with Crippen LogP contribution in [0.15, 0.2) is 36.9 Å². The Morgan fingerprint density at radius 1 is 1.26 bits per heavy atom. The second-order valence-electron chi connectivity index (χ2n) is 9.76. The Kier molecular flexibility index (Phi) is 6.99. The highest BCUT2D eigenvalue weighted by Gasteiger charge is 2.32. The molecular weight excluding hydrogens is 501 g/mol. The van der Waals surface area contributed by atoms with Gasteiger partial charge in [-0.1, -0.05) is 24.6 Å². The summed E-state index contributed by atoms with van der Waals surface area (Å²) in [6.07, 6.45) is 0.587. The highest BCUT2D eigenvalue weighted by atomic mass is 19.4. The number of carboxylic acids is 1. The largest absolute Gasteiger partial charge is 0.475 e. The van der Waals surface area contributed by atoms with E-state index in [1.165, 1.54) is 12.1 Å². The molecule has 0 spiro atoms. The molecule has 2 aromatic heterocycles. The molecule has 1 saturated carbocycles. The van der Waals surface area contributed by atoms with Gasteiger partial charge in [-0.25, -0.2) is 14.8 Å². The lowest BCUT2D eigenvalue weighted by molar-refractivity contribution is -0.137. The van der Waals surface area contributed by atoms with Gasteiger partial charge >= 0.3 is 12.1 Å². The third-order valence-corrected chi connectivity index (χ3v) is 7.31. The number of anilines is 2. The predicted octanol–water partition coefficient (Wildman–Crippen LogP) is 4.58. The van der Waals surface area contributed by atoms with Crippen LogP contribution in [0.2, 0.25) is 0 Å². The maximum absolute atomic E-state index is 13.2. The fraction of sp³-hybridized carbons (Fsp3) is 0.462. The summed E-state index contributed by atoms with van der Waals surface area (Å²) in [5.41, 5.74) is 0.563. The monoisotopic (exact) mass is 530 g/mol. The van der Waals surface area contributed by atoms with Gasteiger partial charge in [0, 0.05) is 12.6 Å². The van der Waals surface area contributed by atoms with Gasteiger partial charge in [0.2, 0.25) is 11.8 Å². The van der Waals surface area contributed by atoms with Crippen molar-refractivity contribution in [3.05, 3.63) is 53.9 Å². The zero-order valence-electron chi connectivity index (χ0n) is 20.9. The van der Waals surface area contributed by atoms with Gasteiger partial charge in [-0.2, -0.15) is 18.2 Å². The first kappa shape index (κ1) is 26.0. The molecule has 0 amide bonds. The summed E-state index contributed by atoms with van der Waals surface area (Å²) < 4.78 is 46.9. The van der Waals surface area contributed by atoms with E-state index in [0.29, 0.717) is 48.5 Å². The summed E-state index contributed by atoms with van der Waals surface area (Å²) in [5, 5.41) is 13.1. The van der Waals surface area contributed by atoms with Gasteiger partial charge < -0.3 is 24.6 Å². The number of benzene rings is 1. The highest BCUT2D eigenvalue weighted by molar-refractivity contribution is 5.91. The topological polar surface area (TPSA) is 105 Å². The Morgan fingerprint density at radius 3 is 2.61 bits per heavy atom. The number of carbonyl (C=O) groups is 1. The summed E-state index contributed by atoms with van der Waals surface area (Å²) in [6.45, 7) is 7.45. The van der Waals surface area contributed by atoms with Crippen LogP contribution in [0, 0.1) is 5.92 Å². The molecule has 1 aliphatic carbocycles. The number of carboxylic acid groups (broad SMARTS) is 1. The van der Waals surface area contributed by atoms with Gasteiger partial charge in [0.05, 0.1) is 31.4 Å². The van der Waals surface area contributed by atoms with Crippen molar-refractivity contribution in [2.75, 3.05) is 30.0 Å². The average Bonchev–Trinajstić information content (AvgIpc) is 3.20. The number of rotatable bonds is 8. The fourth-order valence-corrected chi connectivity index (χ4v) is 4.91. The van der Waals surface area contributed by atoms with E-state index < -0.39 is 17.7 Å². The van der Waals surface area contributed by atoms with E-state index in [-0.39, 0.29) is 30.1 Å². The van der Waals surface area contributed by atoms with Crippen LogP contribution < -0.4 is 10.2 Å². The first-order valence-corrected chi connectivity index (χ1v) is 12.6. The van der Waals surface area contributed by atoms with Crippen molar-refractivity contribution in [3.63, 3.8) is 0 Å². The van der Waals surface area contributed by atoms with Crippen molar-refractivity contribution in [2.45, 2.75) is 51.0 Å². The molecule has 9 nitrogen and oxygen atoms in total. The van der Waals surface area contributed by atoms with Crippen molar-refractivity contribution >= 4 is 28.9 Å². The summed E-state index contributed by atoms with van der Waals surface area (Å²) in [6, 6.07) is 4.78. The van der Waals surface area contributed by atoms with Crippen molar-refractivity contribution in [1.29, 1.82) is 0 Å². The van der Waals surface area contributed by atoms with Crippen LogP contribution in [-0.4, -0.2) is 62.4 Å². The highest BCUT2D eigenvalue weighted by Crippen LogP contribution is 2.35. The fourth-order valence-electron chi connectivity index (χ4n) is 4.91. The summed E-state index contributed by atoms with van der Waals surface area (Å²) in [5.74, 6) is -0.400. The van der Waals surface area contributed by atoms with Crippen LogP contribution in [0.1, 0.15) is 47.9 Å². The lowest BCUT2D eigenvalue weighted by Crippen LogP contribution is -2.45. The number of hydrogen-bond acceptors (Lipinski definition) is 7. The Labute approximate surface area is 217 Å². The van der Waals surface area contributed by atoms with Gasteiger partial charge in [-0.15, -0.1) is 6.58 Å². The molecule has 0 radical (unpaired) electrons. The summed E-state index contributed by atoms with van der Waals surface area (Å²) in [7, 11) is 0. The number of fused-ring (bicyclic) bond motifs is 1. The quantitative estimate of drug-likeness (QED) is 0.408. The molecule has 5 rings (SSSR count). The number of nitrogens with one attached hydrogen (secondary N) is 1. The van der Waals surface area contributed by atoms with Gasteiger partial charge in [0.1, 0.15) is 5.52 Å². The van der Waals surface area contributed by atoms with Crippen molar-refractivity contribution in [2.24, 2.45) is 5.92 Å². The summed E-state index contributed by atoms with van der Waals surface area (Å²) in [4.78, 5) is 27.1. The van der Waals surface area contributed by atoms with Crippen LogP contribution in [0.4, 0.5) is 24.9 Å². The third kappa shape index (κ3) is 5.04. The number of nitrogens with zero attached hydrogens (tertiary/aromatic N) is 5. The van der Waals surface area contributed by atoms with E-state index >= 15 is 0 Å². The Morgan fingerprint density at radius 2 is 2.00 bits per heavy atom. The van der Waals surface area contributed by atoms with Gasteiger partial charge in [0.15, 0.2) is 11.5 Å². The van der Waals surface area contributed by atoms with Crippen LogP contribution >= 0.6 is 0 Å². The number of halogens is 3. The minimum absolute atomic E-state index is 0.0330. The minimum atomic E-state index is -4.44. The second-order valence-corrected chi connectivity index (χ2v) is 9.76. The molecule has 1 aliphatic heterocycles. The molecular formula is C26H29F3N6O3. The standard InChI is InChI=1S/C26H29F3N6O3/c1-3-19-14-38-12-11-34(19)25-33-22-20(35(25)13-16-7-9-18(10-8-16)26(27,28)29)21(31-23(32-22)24(36)37)30-15(2)17-5-4-6-17/h3,7-10,15,17,19H,1,4-6,11-14H2,2H3,(H,36,37)(H,30,31,32)/t15-,19-/m1/s1. The molecule has 3 aromatic rings. The van der Waals surface area contributed by atoms with Gasteiger partial charge in [0.25, 0.3) is 0 Å². The number of hydrogen-bond donors (Lipinski definition) is 2. The normalized spacial score (nSPS) is 19.3. The molecule has 1 saturated heterocycles. The number of aromatic nitrogens is 4. The lowest BCUT2D eigenvalue weighted by Gasteiger charge is -2.35. The number of ether oxygens (including phenoxy) is 1. The third-order valence-electron chi connectivity index (χ3n) is 7.31. The van der Waals surface area contributed by atoms with Crippen LogP contribution in [0.3, 0.4) is 0 Å². The molecule has 12 heteroatoms. The molecule has 0 unspecified atom stereocenters. The summed E-state index contributed by atoms with van der Waals surface area (Å²) >= 11 is 0. The number of alkyl halides is 3. The predicted molar refractivity (Wildman–Crippen MR) is 135 cm³/mol. The van der Waals surface area contributed by atoms with Crippen LogP contribution in [-0.2, 0) is 17.5 Å². The number of morpholine rings is 1. The molecule has 202 valence electrons. The molecule has 2 atom stereocenters. The van der Waals surface area contributed by atoms with E-state index in [1.807, 2.05) is 16.4 Å². The van der Waals surface area contributed by atoms with Gasteiger partial charge in [-0.3, -0.25) is 0 Å². The molecule has 0 bridgehead atoms. The smallest absolute Gasteiger partial charge is 0.416 e. The van der Waals surface area contributed by atoms with E-state index in [0.717, 1.165) is 31.4 Å². The SMILES string of the molecule is C=C[C@@H]1COCCN1c1nc2nc(C(=O)O)nc(N[C@H](C)C3CCC3)c2n1Cc1ccc(C(F)(F)F)cc1.